The molecule has 1 aliphatic rings. The summed E-state index contributed by atoms with van der Waals surface area (Å²) in [5.74, 6) is 1.58. The Bertz CT molecular complexity index is 397. The molecule has 1 aromatic carbocycles. The lowest BCUT2D eigenvalue weighted by atomic mass is 9.74. The van der Waals surface area contributed by atoms with Crippen LogP contribution < -0.4 is 5.73 Å². The number of ether oxygens (including phenoxy) is 2. The van der Waals surface area contributed by atoms with Crippen LogP contribution in [0.25, 0.3) is 0 Å². The van der Waals surface area contributed by atoms with E-state index in [2.05, 4.69) is 26.0 Å². The van der Waals surface area contributed by atoms with Gasteiger partial charge in [0.2, 0.25) is 0 Å². The molecule has 21 heavy (non-hydrogen) atoms. The molecule has 118 valence electrons. The first-order chi connectivity index (χ1) is 10.2. The third-order valence-corrected chi connectivity index (χ3v) is 4.82. The predicted molar refractivity (Wildman–Crippen MR) is 85.8 cm³/mol. The van der Waals surface area contributed by atoms with Crippen LogP contribution in [0, 0.1) is 11.8 Å². The summed E-state index contributed by atoms with van der Waals surface area (Å²) in [6, 6.07) is 10.2. The van der Waals surface area contributed by atoms with E-state index in [-0.39, 0.29) is 5.60 Å². The zero-order valence-electron chi connectivity index (χ0n) is 13.4. The van der Waals surface area contributed by atoms with Crippen LogP contribution in [0.5, 0.6) is 0 Å². The van der Waals surface area contributed by atoms with E-state index in [4.69, 9.17) is 15.2 Å². The molecule has 0 bridgehead atoms. The van der Waals surface area contributed by atoms with E-state index in [1.54, 1.807) is 0 Å². The Morgan fingerprint density at radius 3 is 2.43 bits per heavy atom. The number of hydrogen-bond acceptors (Lipinski definition) is 3. The zero-order chi connectivity index (χ0) is 15.1. The van der Waals surface area contributed by atoms with Crippen LogP contribution in [-0.4, -0.2) is 18.9 Å². The molecule has 1 aliphatic carbocycles. The van der Waals surface area contributed by atoms with Gasteiger partial charge < -0.3 is 15.2 Å². The van der Waals surface area contributed by atoms with E-state index >= 15 is 0 Å². The van der Waals surface area contributed by atoms with Gasteiger partial charge in [-0.3, -0.25) is 0 Å². The van der Waals surface area contributed by atoms with Gasteiger partial charge in [0, 0.05) is 6.54 Å². The highest BCUT2D eigenvalue weighted by atomic mass is 16.7. The standard InChI is InChI=1S/C18H29NO2/c1-15(2)17-8-10-18(13-19,11-9-17)21-14-20-12-16-6-4-3-5-7-16/h3-7,15,17H,8-14,19H2,1-2H3. The van der Waals surface area contributed by atoms with Gasteiger partial charge in [0.15, 0.2) is 0 Å². The maximum absolute atomic E-state index is 6.02. The molecular weight excluding hydrogens is 262 g/mol. The smallest absolute Gasteiger partial charge is 0.147 e. The fourth-order valence-electron chi connectivity index (χ4n) is 3.14. The maximum atomic E-state index is 6.02. The lowest BCUT2D eigenvalue weighted by Crippen LogP contribution is -2.45. The fourth-order valence-corrected chi connectivity index (χ4v) is 3.14. The molecule has 0 spiro atoms. The summed E-state index contributed by atoms with van der Waals surface area (Å²) < 4.78 is 11.7. The lowest BCUT2D eigenvalue weighted by Gasteiger charge is -2.40. The second-order valence-corrected chi connectivity index (χ2v) is 6.56. The first-order valence-corrected chi connectivity index (χ1v) is 8.11. The average Bonchev–Trinajstić information content (AvgIpc) is 2.53. The van der Waals surface area contributed by atoms with Gasteiger partial charge in [-0.05, 0) is 43.1 Å². The molecule has 1 fully saturated rings. The van der Waals surface area contributed by atoms with Crippen LogP contribution in [0.4, 0.5) is 0 Å². The second-order valence-electron chi connectivity index (χ2n) is 6.56. The molecule has 2 N–H and O–H groups in total. The Morgan fingerprint density at radius 2 is 1.86 bits per heavy atom. The first-order valence-electron chi connectivity index (χ1n) is 8.11. The summed E-state index contributed by atoms with van der Waals surface area (Å²) >= 11 is 0. The van der Waals surface area contributed by atoms with Crippen LogP contribution >= 0.6 is 0 Å². The van der Waals surface area contributed by atoms with Crippen molar-refractivity contribution in [3.05, 3.63) is 35.9 Å². The average molecular weight is 291 g/mol. The lowest BCUT2D eigenvalue weighted by molar-refractivity contribution is -0.160. The summed E-state index contributed by atoms with van der Waals surface area (Å²) in [7, 11) is 0. The maximum Gasteiger partial charge on any atom is 0.147 e. The highest BCUT2D eigenvalue weighted by molar-refractivity contribution is 5.13. The topological polar surface area (TPSA) is 44.5 Å². The number of nitrogens with two attached hydrogens (primary N) is 1. The van der Waals surface area contributed by atoms with E-state index in [9.17, 15) is 0 Å². The molecule has 0 radical (unpaired) electrons. The molecule has 0 aliphatic heterocycles. The van der Waals surface area contributed by atoms with Gasteiger partial charge in [-0.15, -0.1) is 0 Å². The van der Waals surface area contributed by atoms with Crippen LogP contribution in [0.1, 0.15) is 45.1 Å². The van der Waals surface area contributed by atoms with Gasteiger partial charge in [0.05, 0.1) is 12.2 Å². The van der Waals surface area contributed by atoms with Crippen molar-refractivity contribution >= 4 is 0 Å². The number of rotatable bonds is 7. The Morgan fingerprint density at radius 1 is 1.19 bits per heavy atom. The molecule has 0 heterocycles. The van der Waals surface area contributed by atoms with Crippen LogP contribution in [0.3, 0.4) is 0 Å². The quantitative estimate of drug-likeness (QED) is 0.615. The third-order valence-electron chi connectivity index (χ3n) is 4.82. The third kappa shape index (κ3) is 4.80. The van der Waals surface area contributed by atoms with Crippen molar-refractivity contribution in [1.82, 2.24) is 0 Å². The first kappa shape index (κ1) is 16.5. The summed E-state index contributed by atoms with van der Waals surface area (Å²) in [6.07, 6.45) is 4.54. The minimum atomic E-state index is -0.165. The number of benzene rings is 1. The van der Waals surface area contributed by atoms with Crippen molar-refractivity contribution in [3.8, 4) is 0 Å². The largest absolute Gasteiger partial charge is 0.351 e. The van der Waals surface area contributed by atoms with Crippen LogP contribution in [-0.2, 0) is 16.1 Å². The minimum absolute atomic E-state index is 0.165. The van der Waals surface area contributed by atoms with Gasteiger partial charge in [-0.25, -0.2) is 0 Å². The Kier molecular flexibility index (Phi) is 6.22. The molecule has 1 aromatic rings. The zero-order valence-corrected chi connectivity index (χ0v) is 13.4. The molecule has 0 unspecified atom stereocenters. The second kappa shape index (κ2) is 7.92. The molecule has 0 aromatic heterocycles. The Hall–Kier alpha value is -0.900. The van der Waals surface area contributed by atoms with Gasteiger partial charge in [0.25, 0.3) is 0 Å². The monoisotopic (exact) mass is 291 g/mol. The van der Waals surface area contributed by atoms with Gasteiger partial charge in [-0.1, -0.05) is 44.2 Å². The molecule has 0 amide bonds. The SMILES string of the molecule is CC(C)C1CCC(CN)(OCOCc2ccccc2)CC1. The van der Waals surface area contributed by atoms with Crippen molar-refractivity contribution in [3.63, 3.8) is 0 Å². The Labute approximate surface area is 128 Å². The number of hydrogen-bond donors (Lipinski definition) is 1. The summed E-state index contributed by atoms with van der Waals surface area (Å²) in [5.41, 5.74) is 6.98. The van der Waals surface area contributed by atoms with E-state index < -0.39 is 0 Å². The van der Waals surface area contributed by atoms with E-state index in [0.29, 0.717) is 19.9 Å². The molecule has 3 heteroatoms. The van der Waals surface area contributed by atoms with Crippen molar-refractivity contribution in [1.29, 1.82) is 0 Å². The van der Waals surface area contributed by atoms with Crippen molar-refractivity contribution in [2.75, 3.05) is 13.3 Å². The van der Waals surface area contributed by atoms with Crippen molar-refractivity contribution in [2.45, 2.75) is 51.7 Å². The molecule has 1 saturated carbocycles. The van der Waals surface area contributed by atoms with E-state index in [1.807, 2.05) is 18.2 Å². The van der Waals surface area contributed by atoms with Gasteiger partial charge in [-0.2, -0.15) is 0 Å². The summed E-state index contributed by atoms with van der Waals surface area (Å²) in [4.78, 5) is 0. The van der Waals surface area contributed by atoms with Crippen LogP contribution in [0.2, 0.25) is 0 Å². The van der Waals surface area contributed by atoms with Gasteiger partial charge in [0.1, 0.15) is 6.79 Å². The highest BCUT2D eigenvalue weighted by Crippen LogP contribution is 2.37. The normalized spacial score (nSPS) is 26.2. The summed E-state index contributed by atoms with van der Waals surface area (Å²) in [5, 5.41) is 0. The Balaban J connectivity index is 1.73. The van der Waals surface area contributed by atoms with Crippen molar-refractivity contribution < 1.29 is 9.47 Å². The molecule has 3 nitrogen and oxygen atoms in total. The molecule has 0 saturated heterocycles. The van der Waals surface area contributed by atoms with Crippen molar-refractivity contribution in [2.24, 2.45) is 17.6 Å². The van der Waals surface area contributed by atoms with Gasteiger partial charge >= 0.3 is 0 Å². The van der Waals surface area contributed by atoms with E-state index in [1.165, 1.54) is 18.4 Å². The fraction of sp³-hybridized carbons (Fsp3) is 0.667. The molecular formula is C18H29NO2. The van der Waals surface area contributed by atoms with Crippen LogP contribution in [0.15, 0.2) is 30.3 Å². The highest BCUT2D eigenvalue weighted by Gasteiger charge is 2.35. The minimum Gasteiger partial charge on any atom is -0.351 e. The molecule has 2 rings (SSSR count). The van der Waals surface area contributed by atoms with E-state index in [0.717, 1.165) is 24.7 Å². The summed E-state index contributed by atoms with van der Waals surface area (Å²) in [6.45, 7) is 6.13. The predicted octanol–water partition coefficient (Wildman–Crippen LogP) is 3.72. The molecule has 0 atom stereocenters.